The van der Waals surface area contributed by atoms with Crippen LogP contribution in [-0.4, -0.2) is 45.5 Å². The Morgan fingerprint density at radius 3 is 3.07 bits per heavy atom. The molecule has 2 aromatic heterocycles. The van der Waals surface area contributed by atoms with Crippen molar-refractivity contribution in [1.29, 1.82) is 0 Å². The van der Waals surface area contributed by atoms with Gasteiger partial charge in [0.2, 0.25) is 5.91 Å². The molecule has 28 heavy (non-hydrogen) atoms. The predicted molar refractivity (Wildman–Crippen MR) is 103 cm³/mol. The van der Waals surface area contributed by atoms with Gasteiger partial charge in [0, 0.05) is 37.5 Å². The smallest absolute Gasteiger partial charge is 0.242 e. The second-order valence-corrected chi connectivity index (χ2v) is 7.07. The maximum atomic E-state index is 12.6. The van der Waals surface area contributed by atoms with E-state index in [9.17, 15) is 4.79 Å². The zero-order valence-electron chi connectivity index (χ0n) is 16.0. The van der Waals surface area contributed by atoms with Gasteiger partial charge in [0.05, 0.1) is 25.6 Å². The number of methoxy groups -OCH3 is 1. The van der Waals surface area contributed by atoms with Gasteiger partial charge in [-0.1, -0.05) is 18.2 Å². The first kappa shape index (κ1) is 18.3. The van der Waals surface area contributed by atoms with Crippen LogP contribution in [0.4, 0.5) is 0 Å². The maximum absolute atomic E-state index is 12.6. The van der Waals surface area contributed by atoms with Crippen LogP contribution in [0.15, 0.2) is 53.6 Å². The van der Waals surface area contributed by atoms with Crippen molar-refractivity contribution < 1.29 is 13.9 Å². The molecule has 0 bridgehead atoms. The molecule has 146 valence electrons. The minimum Gasteiger partial charge on any atom is -0.496 e. The first-order valence-corrected chi connectivity index (χ1v) is 9.53. The van der Waals surface area contributed by atoms with Crippen molar-refractivity contribution in [2.75, 3.05) is 20.2 Å². The Balaban J connectivity index is 1.41. The largest absolute Gasteiger partial charge is 0.496 e. The maximum Gasteiger partial charge on any atom is 0.242 e. The van der Waals surface area contributed by atoms with Gasteiger partial charge in [-0.25, -0.2) is 9.97 Å². The normalized spacial score (nSPS) is 16.9. The summed E-state index contributed by atoms with van der Waals surface area (Å²) < 4.78 is 13.2. The fourth-order valence-electron chi connectivity index (χ4n) is 3.67. The molecule has 7 nitrogen and oxygen atoms in total. The summed E-state index contributed by atoms with van der Waals surface area (Å²) >= 11 is 0. The number of imidazole rings is 1. The number of carbonyl (C=O) groups excluding carboxylic acids is 1. The standard InChI is InChI=1S/C21H24N4O3/c1-27-19-7-3-2-5-16(19)11-18-12-23-21(28-18)17-6-4-9-25(13-17)20(26)14-24-10-8-22-15-24/h2-3,5,7-8,10,12,15,17H,4,6,9,11,13-14H2,1H3/t17-/m0/s1. The minimum atomic E-state index is 0.100. The molecule has 0 unspecified atom stereocenters. The summed E-state index contributed by atoms with van der Waals surface area (Å²) in [6.45, 7) is 1.73. The van der Waals surface area contributed by atoms with Gasteiger partial charge >= 0.3 is 0 Å². The van der Waals surface area contributed by atoms with E-state index in [1.807, 2.05) is 29.2 Å². The third-order valence-electron chi connectivity index (χ3n) is 5.13. The molecular weight excluding hydrogens is 356 g/mol. The Hall–Kier alpha value is -3.09. The van der Waals surface area contributed by atoms with E-state index < -0.39 is 0 Å². The molecule has 0 N–H and O–H groups in total. The van der Waals surface area contributed by atoms with Gasteiger partial charge in [0.15, 0.2) is 5.89 Å². The number of likely N-dealkylation sites (tertiary alicyclic amines) is 1. The van der Waals surface area contributed by atoms with Crippen molar-refractivity contribution in [2.45, 2.75) is 31.7 Å². The lowest BCUT2D eigenvalue weighted by molar-refractivity contribution is -0.133. The van der Waals surface area contributed by atoms with Crippen LogP contribution in [0.25, 0.3) is 0 Å². The summed E-state index contributed by atoms with van der Waals surface area (Å²) in [5, 5.41) is 0. The number of rotatable bonds is 6. The zero-order valence-corrected chi connectivity index (χ0v) is 16.0. The molecule has 1 amide bonds. The SMILES string of the molecule is COc1ccccc1Cc1cnc([C@H]2CCCN(C(=O)Cn3ccnc3)C2)o1. The highest BCUT2D eigenvalue weighted by Crippen LogP contribution is 2.28. The number of ether oxygens (including phenoxy) is 1. The fraction of sp³-hybridized carbons (Fsp3) is 0.381. The molecule has 1 atom stereocenters. The second kappa shape index (κ2) is 8.29. The number of carbonyl (C=O) groups is 1. The van der Waals surface area contributed by atoms with E-state index in [1.54, 1.807) is 36.6 Å². The van der Waals surface area contributed by atoms with E-state index in [-0.39, 0.29) is 11.8 Å². The van der Waals surface area contributed by atoms with E-state index in [0.717, 1.165) is 36.5 Å². The Labute approximate surface area is 164 Å². The number of hydrogen-bond donors (Lipinski definition) is 0. The van der Waals surface area contributed by atoms with Gasteiger partial charge in [0.25, 0.3) is 0 Å². The van der Waals surface area contributed by atoms with Crippen molar-refractivity contribution in [2.24, 2.45) is 0 Å². The van der Waals surface area contributed by atoms with Gasteiger partial charge in [-0.05, 0) is 18.9 Å². The lowest BCUT2D eigenvalue weighted by Crippen LogP contribution is -2.40. The predicted octanol–water partition coefficient (Wildman–Crippen LogP) is 2.88. The Kier molecular flexibility index (Phi) is 5.41. The van der Waals surface area contributed by atoms with E-state index >= 15 is 0 Å². The van der Waals surface area contributed by atoms with Gasteiger partial charge in [-0.15, -0.1) is 0 Å². The Bertz CT molecular complexity index is 919. The van der Waals surface area contributed by atoms with Crippen molar-refractivity contribution in [3.05, 3.63) is 66.4 Å². The third-order valence-corrected chi connectivity index (χ3v) is 5.13. The third kappa shape index (κ3) is 4.08. The molecule has 0 radical (unpaired) electrons. The van der Waals surface area contributed by atoms with E-state index in [2.05, 4.69) is 9.97 Å². The number of nitrogens with zero attached hydrogens (tertiary/aromatic N) is 4. The molecular formula is C21H24N4O3. The monoisotopic (exact) mass is 380 g/mol. The van der Waals surface area contributed by atoms with Crippen molar-refractivity contribution in [3.63, 3.8) is 0 Å². The lowest BCUT2D eigenvalue weighted by atomic mass is 9.98. The molecule has 0 saturated carbocycles. The number of piperidine rings is 1. The quantitative estimate of drug-likeness (QED) is 0.657. The van der Waals surface area contributed by atoms with Crippen molar-refractivity contribution in [3.8, 4) is 5.75 Å². The lowest BCUT2D eigenvalue weighted by Gasteiger charge is -2.31. The second-order valence-electron chi connectivity index (χ2n) is 7.07. The number of aromatic nitrogens is 3. The molecule has 0 spiro atoms. The van der Waals surface area contributed by atoms with Gasteiger partial charge in [-0.3, -0.25) is 4.79 Å². The van der Waals surface area contributed by atoms with Crippen LogP contribution in [0.5, 0.6) is 5.75 Å². The summed E-state index contributed by atoms with van der Waals surface area (Å²) in [4.78, 5) is 23.0. The molecule has 3 heterocycles. The zero-order chi connectivity index (χ0) is 19.3. The molecule has 0 aliphatic carbocycles. The molecule has 1 aliphatic rings. The molecule has 7 heteroatoms. The number of amides is 1. The van der Waals surface area contributed by atoms with E-state index in [0.29, 0.717) is 25.4 Å². The van der Waals surface area contributed by atoms with Crippen LogP contribution in [0.3, 0.4) is 0 Å². The molecule has 1 aliphatic heterocycles. The molecule has 1 fully saturated rings. The molecule has 4 rings (SSSR count). The summed E-state index contributed by atoms with van der Waals surface area (Å²) in [5.74, 6) is 2.59. The van der Waals surface area contributed by atoms with Gasteiger partial charge in [-0.2, -0.15) is 0 Å². The minimum absolute atomic E-state index is 0.100. The average Bonchev–Trinajstić information content (AvgIpc) is 3.41. The molecule has 1 aromatic carbocycles. The van der Waals surface area contributed by atoms with Crippen LogP contribution in [-0.2, 0) is 17.8 Å². The topological polar surface area (TPSA) is 73.4 Å². The van der Waals surface area contributed by atoms with Crippen LogP contribution < -0.4 is 4.74 Å². The van der Waals surface area contributed by atoms with Crippen LogP contribution in [0, 0.1) is 0 Å². The number of oxazole rings is 1. The van der Waals surface area contributed by atoms with Crippen molar-refractivity contribution in [1.82, 2.24) is 19.4 Å². The Morgan fingerprint density at radius 2 is 2.25 bits per heavy atom. The van der Waals surface area contributed by atoms with Crippen LogP contribution in [0.2, 0.25) is 0 Å². The number of hydrogen-bond acceptors (Lipinski definition) is 5. The summed E-state index contributed by atoms with van der Waals surface area (Å²) in [6.07, 6.45) is 9.49. The summed E-state index contributed by atoms with van der Waals surface area (Å²) in [6, 6.07) is 7.90. The molecule has 1 saturated heterocycles. The van der Waals surface area contributed by atoms with Crippen LogP contribution >= 0.6 is 0 Å². The highest BCUT2D eigenvalue weighted by molar-refractivity contribution is 5.76. The van der Waals surface area contributed by atoms with Gasteiger partial charge in [0.1, 0.15) is 18.1 Å². The summed E-state index contributed by atoms with van der Waals surface area (Å²) in [5.41, 5.74) is 1.06. The number of benzene rings is 1. The number of para-hydroxylation sites is 1. The highest BCUT2D eigenvalue weighted by Gasteiger charge is 2.28. The highest BCUT2D eigenvalue weighted by atomic mass is 16.5. The van der Waals surface area contributed by atoms with Crippen LogP contribution in [0.1, 0.15) is 36.0 Å². The van der Waals surface area contributed by atoms with Gasteiger partial charge < -0.3 is 18.6 Å². The average molecular weight is 380 g/mol. The first-order valence-electron chi connectivity index (χ1n) is 9.53. The summed E-state index contributed by atoms with van der Waals surface area (Å²) in [7, 11) is 1.67. The first-order chi connectivity index (χ1) is 13.7. The van der Waals surface area contributed by atoms with E-state index in [4.69, 9.17) is 9.15 Å². The van der Waals surface area contributed by atoms with Crippen molar-refractivity contribution >= 4 is 5.91 Å². The fourth-order valence-corrected chi connectivity index (χ4v) is 3.67. The molecule has 3 aromatic rings. The van der Waals surface area contributed by atoms with E-state index in [1.165, 1.54) is 0 Å². The Morgan fingerprint density at radius 1 is 1.36 bits per heavy atom.